The average Bonchev–Trinajstić information content (AvgIpc) is 2.77. The Labute approximate surface area is 104 Å². The van der Waals surface area contributed by atoms with Gasteiger partial charge in [-0.05, 0) is 50.3 Å². The second-order valence-electron chi connectivity index (χ2n) is 5.06. The number of likely N-dealkylation sites (tertiary alicyclic amines) is 1. The normalized spacial score (nSPS) is 20.9. The molecule has 1 saturated heterocycles. The Morgan fingerprint density at radius 1 is 1.35 bits per heavy atom. The van der Waals surface area contributed by atoms with Crippen molar-refractivity contribution in [3.8, 4) is 0 Å². The maximum atomic E-state index is 8.93. The summed E-state index contributed by atoms with van der Waals surface area (Å²) < 4.78 is 0. The first-order valence-electron chi connectivity index (χ1n) is 6.70. The minimum absolute atomic E-state index is 0.328. The van der Waals surface area contributed by atoms with Crippen LogP contribution in [0.3, 0.4) is 0 Å². The molecule has 2 rings (SSSR count). The summed E-state index contributed by atoms with van der Waals surface area (Å²) in [5, 5.41) is 8.93. The van der Waals surface area contributed by atoms with Crippen molar-refractivity contribution in [2.75, 3.05) is 13.2 Å². The van der Waals surface area contributed by atoms with Gasteiger partial charge in [0.15, 0.2) is 0 Å². The molecule has 0 amide bonds. The summed E-state index contributed by atoms with van der Waals surface area (Å²) in [6, 6.07) is 9.33. The molecule has 0 radical (unpaired) electrons. The van der Waals surface area contributed by atoms with E-state index < -0.39 is 0 Å². The van der Waals surface area contributed by atoms with Gasteiger partial charge in [-0.25, -0.2) is 0 Å². The zero-order valence-corrected chi connectivity index (χ0v) is 10.7. The number of rotatable bonds is 5. The van der Waals surface area contributed by atoms with Gasteiger partial charge in [-0.2, -0.15) is 0 Å². The van der Waals surface area contributed by atoms with E-state index in [0.29, 0.717) is 12.6 Å². The van der Waals surface area contributed by atoms with Gasteiger partial charge < -0.3 is 5.11 Å². The third-order valence-electron chi connectivity index (χ3n) is 3.83. The molecule has 1 aliphatic rings. The summed E-state index contributed by atoms with van der Waals surface area (Å²) in [6.07, 6.45) is 4.69. The Hall–Kier alpha value is -0.860. The first-order chi connectivity index (χ1) is 8.31. The fraction of sp³-hybridized carbons (Fsp3) is 0.600. The summed E-state index contributed by atoms with van der Waals surface area (Å²) in [6.45, 7) is 4.80. The second-order valence-corrected chi connectivity index (χ2v) is 5.06. The van der Waals surface area contributed by atoms with Crippen molar-refractivity contribution < 1.29 is 5.11 Å². The zero-order valence-electron chi connectivity index (χ0n) is 10.7. The summed E-state index contributed by atoms with van der Waals surface area (Å²) in [5.41, 5.74) is 2.84. The summed E-state index contributed by atoms with van der Waals surface area (Å²) in [7, 11) is 0. The van der Waals surface area contributed by atoms with Gasteiger partial charge in [0.2, 0.25) is 0 Å². The predicted molar refractivity (Wildman–Crippen MR) is 70.9 cm³/mol. The van der Waals surface area contributed by atoms with E-state index in [0.717, 1.165) is 19.4 Å². The Kier molecular flexibility index (Phi) is 4.57. The third-order valence-corrected chi connectivity index (χ3v) is 3.83. The lowest BCUT2D eigenvalue weighted by molar-refractivity contribution is 0.210. The monoisotopic (exact) mass is 233 g/mol. The largest absolute Gasteiger partial charge is 0.396 e. The lowest BCUT2D eigenvalue weighted by atomic mass is 10.1. The van der Waals surface area contributed by atoms with Crippen LogP contribution in [-0.2, 0) is 6.54 Å². The molecule has 1 heterocycles. The molecule has 1 N–H and O–H groups in total. The molecule has 1 aromatic carbocycles. The molecule has 0 aliphatic carbocycles. The SMILES string of the molecule is Cc1ccccc1CN1CCCC1CCCO. The summed E-state index contributed by atoms with van der Waals surface area (Å²) in [4.78, 5) is 2.58. The van der Waals surface area contributed by atoms with E-state index in [9.17, 15) is 0 Å². The van der Waals surface area contributed by atoms with Crippen molar-refractivity contribution in [1.29, 1.82) is 0 Å². The topological polar surface area (TPSA) is 23.5 Å². The van der Waals surface area contributed by atoms with Crippen molar-refractivity contribution in [2.24, 2.45) is 0 Å². The Morgan fingerprint density at radius 3 is 2.94 bits per heavy atom. The molecule has 1 aliphatic heterocycles. The van der Waals surface area contributed by atoms with Crippen LogP contribution >= 0.6 is 0 Å². The fourth-order valence-corrected chi connectivity index (χ4v) is 2.76. The quantitative estimate of drug-likeness (QED) is 0.845. The second kappa shape index (κ2) is 6.18. The molecule has 94 valence electrons. The van der Waals surface area contributed by atoms with Crippen molar-refractivity contribution >= 4 is 0 Å². The molecule has 1 unspecified atom stereocenters. The molecule has 17 heavy (non-hydrogen) atoms. The van der Waals surface area contributed by atoms with Crippen LogP contribution < -0.4 is 0 Å². The Morgan fingerprint density at radius 2 is 2.18 bits per heavy atom. The molecule has 2 heteroatoms. The highest BCUT2D eigenvalue weighted by Gasteiger charge is 2.23. The lowest BCUT2D eigenvalue weighted by Crippen LogP contribution is -2.29. The van der Waals surface area contributed by atoms with Crippen molar-refractivity contribution in [3.05, 3.63) is 35.4 Å². The maximum absolute atomic E-state index is 8.93. The van der Waals surface area contributed by atoms with Gasteiger partial charge in [0.1, 0.15) is 0 Å². The van der Waals surface area contributed by atoms with Crippen LogP contribution in [-0.4, -0.2) is 29.2 Å². The number of hydrogen-bond acceptors (Lipinski definition) is 2. The van der Waals surface area contributed by atoms with Gasteiger partial charge in [-0.1, -0.05) is 24.3 Å². The molecular formula is C15H23NO. The number of aryl methyl sites for hydroxylation is 1. The third kappa shape index (κ3) is 3.30. The average molecular weight is 233 g/mol. The van der Waals surface area contributed by atoms with Gasteiger partial charge in [0.25, 0.3) is 0 Å². The van der Waals surface area contributed by atoms with Crippen molar-refractivity contribution in [3.63, 3.8) is 0 Å². The Balaban J connectivity index is 1.95. The first kappa shape index (κ1) is 12.6. The van der Waals surface area contributed by atoms with Crippen LogP contribution in [0, 0.1) is 6.92 Å². The smallest absolute Gasteiger partial charge is 0.0431 e. The van der Waals surface area contributed by atoms with E-state index in [2.05, 4.69) is 36.1 Å². The molecule has 1 aromatic rings. The van der Waals surface area contributed by atoms with E-state index in [1.807, 2.05) is 0 Å². The standard InChI is InChI=1S/C15H23NO/c1-13-6-2-3-7-14(13)12-16-10-4-8-15(16)9-5-11-17/h2-3,6-7,15,17H,4-5,8-12H2,1H3. The fourth-order valence-electron chi connectivity index (χ4n) is 2.76. The van der Waals surface area contributed by atoms with Gasteiger partial charge in [0.05, 0.1) is 0 Å². The summed E-state index contributed by atoms with van der Waals surface area (Å²) in [5.74, 6) is 0. The molecule has 1 fully saturated rings. The maximum Gasteiger partial charge on any atom is 0.0431 e. The van der Waals surface area contributed by atoms with Gasteiger partial charge >= 0.3 is 0 Å². The molecule has 2 nitrogen and oxygen atoms in total. The van der Waals surface area contributed by atoms with Gasteiger partial charge in [-0.3, -0.25) is 4.90 Å². The molecule has 0 bridgehead atoms. The minimum atomic E-state index is 0.328. The van der Waals surface area contributed by atoms with Crippen LogP contribution in [0.15, 0.2) is 24.3 Å². The molecule has 0 saturated carbocycles. The zero-order chi connectivity index (χ0) is 12.1. The number of nitrogens with zero attached hydrogens (tertiary/aromatic N) is 1. The van der Waals surface area contributed by atoms with E-state index in [-0.39, 0.29) is 0 Å². The highest BCUT2D eigenvalue weighted by Crippen LogP contribution is 2.24. The molecular weight excluding hydrogens is 210 g/mol. The first-order valence-corrected chi connectivity index (χ1v) is 6.70. The molecule has 0 aromatic heterocycles. The van der Waals surface area contributed by atoms with Crippen LogP contribution in [0.1, 0.15) is 36.8 Å². The van der Waals surface area contributed by atoms with E-state index in [4.69, 9.17) is 5.11 Å². The van der Waals surface area contributed by atoms with E-state index in [1.165, 1.54) is 30.5 Å². The number of aliphatic hydroxyl groups excluding tert-OH is 1. The highest BCUT2D eigenvalue weighted by atomic mass is 16.2. The van der Waals surface area contributed by atoms with E-state index >= 15 is 0 Å². The van der Waals surface area contributed by atoms with Crippen molar-refractivity contribution in [2.45, 2.75) is 45.2 Å². The van der Waals surface area contributed by atoms with Gasteiger partial charge in [0, 0.05) is 19.2 Å². The summed E-state index contributed by atoms with van der Waals surface area (Å²) >= 11 is 0. The number of benzene rings is 1. The minimum Gasteiger partial charge on any atom is -0.396 e. The van der Waals surface area contributed by atoms with Crippen LogP contribution in [0.25, 0.3) is 0 Å². The van der Waals surface area contributed by atoms with Crippen molar-refractivity contribution in [1.82, 2.24) is 4.90 Å². The van der Waals surface area contributed by atoms with Gasteiger partial charge in [-0.15, -0.1) is 0 Å². The van der Waals surface area contributed by atoms with Crippen LogP contribution in [0.4, 0.5) is 0 Å². The number of aliphatic hydroxyl groups is 1. The van der Waals surface area contributed by atoms with Crippen LogP contribution in [0.2, 0.25) is 0 Å². The number of hydrogen-bond donors (Lipinski definition) is 1. The Bertz CT molecular complexity index is 351. The molecule has 0 spiro atoms. The van der Waals surface area contributed by atoms with Crippen LogP contribution in [0.5, 0.6) is 0 Å². The lowest BCUT2D eigenvalue weighted by Gasteiger charge is -2.25. The van der Waals surface area contributed by atoms with E-state index in [1.54, 1.807) is 0 Å². The highest BCUT2D eigenvalue weighted by molar-refractivity contribution is 5.25. The molecule has 1 atom stereocenters. The predicted octanol–water partition coefficient (Wildman–Crippen LogP) is 2.73.